The number of hydrogen-bond acceptors (Lipinski definition) is 4. The number of aryl methyl sites for hydroxylation is 1. The Morgan fingerprint density at radius 3 is 3.08 bits per heavy atom. The summed E-state index contributed by atoms with van der Waals surface area (Å²) in [4.78, 5) is 12.0. The Kier molecular flexibility index (Phi) is 1.93. The molecule has 0 N–H and O–H groups in total. The molecule has 0 spiro atoms. The second-order valence-electron chi connectivity index (χ2n) is 1.96. The minimum Gasteiger partial charge on any atom is -0.268 e. The summed E-state index contributed by atoms with van der Waals surface area (Å²) in [5.74, 6) is -0.218. The average Bonchev–Trinajstić information content (AvgIpc) is 2.32. The van der Waals surface area contributed by atoms with Crippen molar-refractivity contribution in [2.45, 2.75) is 0 Å². The molecule has 0 aliphatic rings. The summed E-state index contributed by atoms with van der Waals surface area (Å²) in [6.45, 7) is 0. The van der Waals surface area contributed by atoms with Crippen LogP contribution in [-0.4, -0.2) is 14.7 Å². The molecule has 0 bridgehead atoms. The second-order valence-corrected chi connectivity index (χ2v) is 1.96. The summed E-state index contributed by atoms with van der Waals surface area (Å²) in [5, 5.41) is 16.9. The molecule has 0 aliphatic carbocycles. The molecule has 12 heavy (non-hydrogen) atoms. The van der Waals surface area contributed by atoms with Crippen molar-refractivity contribution in [3.8, 4) is 0 Å². The SMILES string of the molecule is Cn1cc([N+](=O)[O-])c(N=[N+]=[N-])n1. The van der Waals surface area contributed by atoms with Crippen LogP contribution in [0.3, 0.4) is 0 Å². The Hall–Kier alpha value is -2.08. The molecule has 0 radical (unpaired) electrons. The van der Waals surface area contributed by atoms with Gasteiger partial charge in [-0.05, 0) is 10.6 Å². The van der Waals surface area contributed by atoms with Crippen LogP contribution in [0.4, 0.5) is 11.5 Å². The topological polar surface area (TPSA) is 110 Å². The lowest BCUT2D eigenvalue weighted by Gasteiger charge is -1.82. The summed E-state index contributed by atoms with van der Waals surface area (Å²) in [7, 11) is 1.50. The first-order valence-electron chi connectivity index (χ1n) is 2.88. The van der Waals surface area contributed by atoms with Crippen LogP contribution in [0.15, 0.2) is 11.3 Å². The molecule has 1 rings (SSSR count). The number of azide groups is 1. The van der Waals surface area contributed by atoms with Gasteiger partial charge in [0.05, 0.1) is 4.92 Å². The van der Waals surface area contributed by atoms with Gasteiger partial charge in [0.25, 0.3) is 0 Å². The second kappa shape index (κ2) is 2.89. The van der Waals surface area contributed by atoms with Gasteiger partial charge < -0.3 is 0 Å². The Morgan fingerprint density at radius 2 is 2.58 bits per heavy atom. The highest BCUT2D eigenvalue weighted by Crippen LogP contribution is 2.24. The van der Waals surface area contributed by atoms with Gasteiger partial charge in [-0.3, -0.25) is 14.8 Å². The molecule has 0 aromatic carbocycles. The predicted molar refractivity (Wildman–Crippen MR) is 38.7 cm³/mol. The Balaban J connectivity index is 3.25. The summed E-state index contributed by atoms with van der Waals surface area (Å²) < 4.78 is 1.21. The molecular formula is C4H4N6O2. The average molecular weight is 168 g/mol. The van der Waals surface area contributed by atoms with E-state index in [9.17, 15) is 10.1 Å². The summed E-state index contributed by atoms with van der Waals surface area (Å²) in [6.07, 6.45) is 1.17. The van der Waals surface area contributed by atoms with Gasteiger partial charge in [-0.1, -0.05) is 0 Å². The third-order valence-corrected chi connectivity index (χ3v) is 1.13. The highest BCUT2D eigenvalue weighted by molar-refractivity contribution is 5.49. The van der Waals surface area contributed by atoms with Crippen LogP contribution in [0.1, 0.15) is 0 Å². The number of nitrogens with zero attached hydrogens (tertiary/aromatic N) is 6. The van der Waals surface area contributed by atoms with Crippen molar-refractivity contribution in [3.63, 3.8) is 0 Å². The minimum absolute atomic E-state index is 0.218. The Bertz CT molecular complexity index is 342. The van der Waals surface area contributed by atoms with Gasteiger partial charge in [-0.15, -0.1) is 0 Å². The molecule has 0 saturated heterocycles. The van der Waals surface area contributed by atoms with E-state index < -0.39 is 4.92 Å². The van der Waals surface area contributed by atoms with E-state index in [-0.39, 0.29) is 11.5 Å². The van der Waals surface area contributed by atoms with Crippen LogP contribution in [0.25, 0.3) is 10.4 Å². The zero-order valence-electron chi connectivity index (χ0n) is 6.08. The summed E-state index contributed by atoms with van der Waals surface area (Å²) in [6, 6.07) is 0. The molecule has 8 nitrogen and oxygen atoms in total. The number of hydrogen-bond donors (Lipinski definition) is 0. The molecule has 0 atom stereocenters. The third-order valence-electron chi connectivity index (χ3n) is 1.13. The monoisotopic (exact) mass is 168 g/mol. The summed E-state index contributed by atoms with van der Waals surface area (Å²) >= 11 is 0. The molecule has 1 aromatic heterocycles. The maximum absolute atomic E-state index is 10.3. The zero-order chi connectivity index (χ0) is 9.14. The fourth-order valence-corrected chi connectivity index (χ4v) is 0.707. The van der Waals surface area contributed by atoms with E-state index >= 15 is 0 Å². The van der Waals surface area contributed by atoms with Gasteiger partial charge >= 0.3 is 5.69 Å². The molecule has 0 aliphatic heterocycles. The first-order valence-corrected chi connectivity index (χ1v) is 2.88. The molecule has 62 valence electrons. The van der Waals surface area contributed by atoms with Crippen molar-refractivity contribution in [1.29, 1.82) is 0 Å². The largest absolute Gasteiger partial charge is 0.316 e. The van der Waals surface area contributed by atoms with E-state index in [1.165, 1.54) is 17.9 Å². The first-order chi connectivity index (χ1) is 5.65. The maximum Gasteiger partial charge on any atom is 0.316 e. The minimum atomic E-state index is -0.656. The Morgan fingerprint density at radius 1 is 1.92 bits per heavy atom. The molecule has 1 aromatic rings. The molecule has 8 heteroatoms. The van der Waals surface area contributed by atoms with Crippen molar-refractivity contribution in [3.05, 3.63) is 26.8 Å². The van der Waals surface area contributed by atoms with Crippen molar-refractivity contribution >= 4 is 11.5 Å². The Labute approximate surface area is 66.2 Å². The van der Waals surface area contributed by atoms with E-state index in [4.69, 9.17) is 5.53 Å². The van der Waals surface area contributed by atoms with E-state index in [1.807, 2.05) is 0 Å². The van der Waals surface area contributed by atoms with Crippen LogP contribution < -0.4 is 0 Å². The third kappa shape index (κ3) is 1.32. The molecule has 1 heterocycles. The quantitative estimate of drug-likeness (QED) is 0.218. The molecule has 0 saturated carbocycles. The highest BCUT2D eigenvalue weighted by atomic mass is 16.6. The predicted octanol–water partition coefficient (Wildman–Crippen LogP) is 1.27. The van der Waals surface area contributed by atoms with Gasteiger partial charge in [-0.2, -0.15) is 5.10 Å². The van der Waals surface area contributed by atoms with Gasteiger partial charge in [0.2, 0.25) is 5.82 Å². The number of nitro groups is 1. The van der Waals surface area contributed by atoms with E-state index in [1.54, 1.807) is 0 Å². The van der Waals surface area contributed by atoms with Crippen LogP contribution in [0, 0.1) is 10.1 Å². The van der Waals surface area contributed by atoms with Crippen LogP contribution in [0.2, 0.25) is 0 Å². The highest BCUT2D eigenvalue weighted by Gasteiger charge is 2.16. The number of aromatic nitrogens is 2. The molecule has 0 unspecified atom stereocenters. The normalized spacial score (nSPS) is 9.08. The zero-order valence-corrected chi connectivity index (χ0v) is 6.08. The molecular weight excluding hydrogens is 164 g/mol. The van der Waals surface area contributed by atoms with Crippen molar-refractivity contribution in [2.24, 2.45) is 12.2 Å². The van der Waals surface area contributed by atoms with E-state index in [0.29, 0.717) is 0 Å². The van der Waals surface area contributed by atoms with Crippen molar-refractivity contribution in [2.75, 3.05) is 0 Å². The van der Waals surface area contributed by atoms with Crippen LogP contribution >= 0.6 is 0 Å². The fourth-order valence-electron chi connectivity index (χ4n) is 0.707. The standard InChI is InChI=1S/C4H4N6O2/c1-9-2-3(10(11)12)4(7-9)6-8-5/h2H,1H3. The van der Waals surface area contributed by atoms with Crippen molar-refractivity contribution in [1.82, 2.24) is 9.78 Å². The van der Waals surface area contributed by atoms with Gasteiger partial charge in [0.1, 0.15) is 6.20 Å². The number of rotatable bonds is 2. The van der Waals surface area contributed by atoms with Crippen molar-refractivity contribution < 1.29 is 4.92 Å². The van der Waals surface area contributed by atoms with E-state index in [2.05, 4.69) is 15.1 Å². The summed E-state index contributed by atoms with van der Waals surface area (Å²) in [5.41, 5.74) is 7.73. The lowest BCUT2D eigenvalue weighted by atomic mass is 10.5. The molecule has 0 fully saturated rings. The first kappa shape index (κ1) is 8.02. The van der Waals surface area contributed by atoms with Crippen LogP contribution in [0.5, 0.6) is 0 Å². The van der Waals surface area contributed by atoms with Gasteiger partial charge in [-0.25, -0.2) is 0 Å². The van der Waals surface area contributed by atoms with Gasteiger partial charge in [0, 0.05) is 12.0 Å². The van der Waals surface area contributed by atoms with E-state index in [0.717, 1.165) is 0 Å². The maximum atomic E-state index is 10.3. The lowest BCUT2D eigenvalue weighted by Crippen LogP contribution is -1.86. The van der Waals surface area contributed by atoms with Gasteiger partial charge in [0.15, 0.2) is 0 Å². The van der Waals surface area contributed by atoms with Crippen LogP contribution in [-0.2, 0) is 7.05 Å². The molecule has 0 amide bonds. The lowest BCUT2D eigenvalue weighted by molar-refractivity contribution is -0.384. The smallest absolute Gasteiger partial charge is 0.268 e. The fraction of sp³-hybridized carbons (Fsp3) is 0.250.